The van der Waals surface area contributed by atoms with E-state index in [0.29, 0.717) is 29.7 Å². The first-order chi connectivity index (χ1) is 22.6. The first-order valence-electron chi connectivity index (χ1n) is 18.1. The molecule has 0 spiro atoms. The van der Waals surface area contributed by atoms with Gasteiger partial charge in [0.2, 0.25) is 0 Å². The second kappa shape index (κ2) is 21.5. The monoisotopic (exact) mass is 670 g/mol. The van der Waals surface area contributed by atoms with Gasteiger partial charge in [-0.15, -0.1) is 0 Å². The molecule has 0 radical (unpaired) electrons. The Balaban J connectivity index is 0.000000398. The number of rotatable bonds is 9. The van der Waals surface area contributed by atoms with Crippen LogP contribution in [0.3, 0.4) is 0 Å². The fraction of sp³-hybridized carbons (Fsp3) is 0.641. The minimum absolute atomic E-state index is 0.197. The van der Waals surface area contributed by atoms with E-state index in [9.17, 15) is 4.39 Å². The summed E-state index contributed by atoms with van der Waals surface area (Å²) in [5.74, 6) is 0.945. The molecule has 47 heavy (non-hydrogen) atoms. The van der Waals surface area contributed by atoms with Crippen molar-refractivity contribution in [2.24, 2.45) is 4.99 Å². The Kier molecular flexibility index (Phi) is 18.6. The van der Waals surface area contributed by atoms with Crippen molar-refractivity contribution >= 4 is 23.1 Å². The van der Waals surface area contributed by atoms with Gasteiger partial charge in [0.05, 0.1) is 5.71 Å². The standard InChI is InChI=1S/C25H34ClFN4.C8H14N2.C4H10.C2H6/c1-4-22-17-30(25-19(3)13-18(2)15-28-25)11-12-31(22)23-7-9-29(10-8-23)16-20-5-6-21(26)14-24(20)27;1-6(9-3)7(2)10-8-4-5-8;1-3-4-2;1-2/h5-6,13-15,22-23H,4,7-12,16-17H2,1-3H3;8,10H,2,4-5H2,1,3H3;3-4H2,1-2H3;1-2H3. The molecule has 2 aliphatic heterocycles. The molecule has 1 N–H and O–H groups in total. The lowest BCUT2D eigenvalue weighted by molar-refractivity contribution is 0.0607. The van der Waals surface area contributed by atoms with Gasteiger partial charge in [-0.2, -0.15) is 0 Å². The summed E-state index contributed by atoms with van der Waals surface area (Å²) < 4.78 is 14.2. The molecule has 1 atom stereocenters. The molecule has 1 aromatic heterocycles. The number of nitrogens with zero attached hydrogens (tertiary/aromatic N) is 5. The molecule has 264 valence electrons. The van der Waals surface area contributed by atoms with Gasteiger partial charge in [0.15, 0.2) is 0 Å². The average molecular weight is 671 g/mol. The third-order valence-electron chi connectivity index (χ3n) is 9.15. The molecule has 1 unspecified atom stereocenters. The molecular weight excluding hydrogens is 607 g/mol. The summed E-state index contributed by atoms with van der Waals surface area (Å²) in [6, 6.07) is 9.10. The number of benzene rings is 1. The molecule has 0 amide bonds. The van der Waals surface area contributed by atoms with Crippen molar-refractivity contribution in [2.75, 3.05) is 44.7 Å². The van der Waals surface area contributed by atoms with Gasteiger partial charge in [-0.05, 0) is 89.2 Å². The van der Waals surface area contributed by atoms with Gasteiger partial charge < -0.3 is 10.2 Å². The Hall–Kier alpha value is -2.48. The van der Waals surface area contributed by atoms with Crippen molar-refractivity contribution in [1.29, 1.82) is 0 Å². The summed E-state index contributed by atoms with van der Waals surface area (Å²) in [6.45, 7) is 26.6. The third kappa shape index (κ3) is 13.5. The molecule has 1 aliphatic carbocycles. The number of likely N-dealkylation sites (tertiary alicyclic amines) is 1. The smallest absolute Gasteiger partial charge is 0.131 e. The van der Waals surface area contributed by atoms with E-state index in [1.165, 1.54) is 42.9 Å². The highest BCUT2D eigenvalue weighted by molar-refractivity contribution is 6.30. The summed E-state index contributed by atoms with van der Waals surface area (Å²) in [5, 5.41) is 3.74. The van der Waals surface area contributed by atoms with Crippen LogP contribution >= 0.6 is 11.6 Å². The SMILES string of the molecule is C=C(NC1CC1)C(C)=NC.CC.CCC1CN(c2ncc(C)cc2C)CCN1C1CCN(Cc2ccc(Cl)cc2F)CC1.CCCC. The van der Waals surface area contributed by atoms with Crippen LogP contribution in [-0.2, 0) is 6.54 Å². The molecule has 8 heteroatoms. The number of anilines is 1. The number of halogens is 2. The molecule has 2 aromatic rings. The molecule has 3 aliphatic rings. The number of aryl methyl sites for hydroxylation is 2. The minimum Gasteiger partial charge on any atom is -0.381 e. The number of hydrogen-bond acceptors (Lipinski definition) is 6. The molecule has 3 heterocycles. The Morgan fingerprint density at radius 3 is 2.21 bits per heavy atom. The van der Waals surface area contributed by atoms with Crippen molar-refractivity contribution in [3.8, 4) is 0 Å². The van der Waals surface area contributed by atoms with Crippen LogP contribution in [0.5, 0.6) is 0 Å². The Bertz CT molecular complexity index is 1240. The van der Waals surface area contributed by atoms with E-state index in [1.54, 1.807) is 13.1 Å². The lowest BCUT2D eigenvalue weighted by Gasteiger charge is -2.48. The predicted molar refractivity (Wildman–Crippen MR) is 203 cm³/mol. The van der Waals surface area contributed by atoms with Crippen LogP contribution in [0.4, 0.5) is 10.2 Å². The quantitative estimate of drug-likeness (QED) is 0.270. The number of aliphatic imine (C=N–C) groups is 1. The predicted octanol–water partition coefficient (Wildman–Crippen LogP) is 9.23. The van der Waals surface area contributed by atoms with E-state index in [2.05, 4.69) is 72.3 Å². The number of nitrogens with one attached hydrogen (secondary N) is 1. The van der Waals surface area contributed by atoms with Crippen LogP contribution in [-0.4, -0.2) is 78.4 Å². The summed E-state index contributed by atoms with van der Waals surface area (Å²) in [6.07, 6.45) is 10.6. The lowest BCUT2D eigenvalue weighted by Crippen LogP contribution is -2.58. The summed E-state index contributed by atoms with van der Waals surface area (Å²) in [4.78, 5) is 16.3. The molecule has 0 bridgehead atoms. The van der Waals surface area contributed by atoms with Crippen LogP contribution in [0.2, 0.25) is 5.02 Å². The zero-order valence-electron chi connectivity index (χ0n) is 31.0. The van der Waals surface area contributed by atoms with E-state index in [-0.39, 0.29) is 5.82 Å². The number of hydrogen-bond donors (Lipinski definition) is 1. The Morgan fingerprint density at radius 1 is 1.02 bits per heavy atom. The molecule has 2 saturated heterocycles. The van der Waals surface area contributed by atoms with Crippen molar-refractivity contribution < 1.29 is 4.39 Å². The van der Waals surface area contributed by atoms with E-state index in [1.807, 2.05) is 33.0 Å². The summed E-state index contributed by atoms with van der Waals surface area (Å²) in [5.41, 5.74) is 5.21. The van der Waals surface area contributed by atoms with Crippen molar-refractivity contribution in [1.82, 2.24) is 20.1 Å². The minimum atomic E-state index is -0.197. The Labute approximate surface area is 291 Å². The molecule has 3 fully saturated rings. The highest BCUT2D eigenvalue weighted by Crippen LogP contribution is 2.28. The average Bonchev–Trinajstić information content (AvgIpc) is 3.91. The lowest BCUT2D eigenvalue weighted by atomic mass is 9.97. The maximum Gasteiger partial charge on any atom is 0.131 e. The fourth-order valence-electron chi connectivity index (χ4n) is 5.96. The van der Waals surface area contributed by atoms with Gasteiger partial charge in [-0.3, -0.25) is 14.8 Å². The summed E-state index contributed by atoms with van der Waals surface area (Å²) in [7, 11) is 1.79. The second-order valence-corrected chi connectivity index (χ2v) is 13.3. The largest absolute Gasteiger partial charge is 0.381 e. The van der Waals surface area contributed by atoms with Crippen molar-refractivity contribution in [3.05, 3.63) is 70.3 Å². The number of piperazine rings is 1. The van der Waals surface area contributed by atoms with Gasteiger partial charge in [-0.1, -0.05) is 77.8 Å². The zero-order chi connectivity index (χ0) is 34.9. The number of aromatic nitrogens is 1. The second-order valence-electron chi connectivity index (χ2n) is 12.8. The van der Waals surface area contributed by atoms with E-state index < -0.39 is 0 Å². The van der Waals surface area contributed by atoms with Crippen molar-refractivity contribution in [2.45, 2.75) is 125 Å². The molecule has 1 aromatic carbocycles. The van der Waals surface area contributed by atoms with Gasteiger partial charge in [0, 0.05) is 73.8 Å². The number of unbranched alkanes of at least 4 members (excludes halogenated alkanes) is 1. The van der Waals surface area contributed by atoms with Crippen LogP contribution in [0.1, 0.15) is 103 Å². The topological polar surface area (TPSA) is 47.0 Å². The van der Waals surface area contributed by atoms with Crippen LogP contribution in [0.25, 0.3) is 0 Å². The normalized spacial score (nSPS) is 19.0. The van der Waals surface area contributed by atoms with Crippen LogP contribution in [0, 0.1) is 19.7 Å². The van der Waals surface area contributed by atoms with E-state index in [4.69, 9.17) is 16.6 Å². The third-order valence-corrected chi connectivity index (χ3v) is 9.38. The van der Waals surface area contributed by atoms with Crippen LogP contribution < -0.4 is 10.2 Å². The van der Waals surface area contributed by atoms with E-state index in [0.717, 1.165) is 74.8 Å². The first-order valence-corrected chi connectivity index (χ1v) is 18.5. The zero-order valence-corrected chi connectivity index (χ0v) is 31.8. The van der Waals surface area contributed by atoms with Gasteiger partial charge in [0.1, 0.15) is 11.6 Å². The highest BCUT2D eigenvalue weighted by Gasteiger charge is 2.33. The van der Waals surface area contributed by atoms with Crippen LogP contribution in [0.15, 0.2) is 47.7 Å². The van der Waals surface area contributed by atoms with E-state index >= 15 is 0 Å². The number of allylic oxidation sites excluding steroid dienone is 1. The van der Waals surface area contributed by atoms with Gasteiger partial charge in [-0.25, -0.2) is 9.37 Å². The van der Waals surface area contributed by atoms with Gasteiger partial charge in [0.25, 0.3) is 0 Å². The molecular formula is C39H64ClFN6. The summed E-state index contributed by atoms with van der Waals surface area (Å²) >= 11 is 5.89. The number of piperidine rings is 1. The van der Waals surface area contributed by atoms with Crippen molar-refractivity contribution in [3.63, 3.8) is 0 Å². The maximum absolute atomic E-state index is 14.2. The molecule has 6 nitrogen and oxygen atoms in total. The molecule has 1 saturated carbocycles. The van der Waals surface area contributed by atoms with Gasteiger partial charge >= 0.3 is 0 Å². The fourth-order valence-corrected chi connectivity index (χ4v) is 6.12. The maximum atomic E-state index is 14.2. The highest BCUT2D eigenvalue weighted by atomic mass is 35.5. The number of pyridine rings is 1. The Morgan fingerprint density at radius 2 is 1.68 bits per heavy atom. The first kappa shape index (κ1) is 40.7. The molecule has 5 rings (SSSR count).